The predicted octanol–water partition coefficient (Wildman–Crippen LogP) is 2.92. The smallest absolute Gasteiger partial charge is 0.251 e. The molecule has 0 saturated heterocycles. The largest absolute Gasteiger partial charge is 0.467 e. The summed E-state index contributed by atoms with van der Waals surface area (Å²) in [5, 5.41) is 5.09. The first kappa shape index (κ1) is 14.0. The van der Waals surface area contributed by atoms with Crippen molar-refractivity contribution >= 4 is 11.6 Å². The first-order valence-electron chi connectivity index (χ1n) is 6.15. The molecule has 2 N–H and O–H groups in total. The fourth-order valence-corrected chi connectivity index (χ4v) is 1.73. The van der Waals surface area contributed by atoms with Crippen LogP contribution in [0.2, 0.25) is 0 Å². The van der Waals surface area contributed by atoms with Crippen molar-refractivity contribution in [3.63, 3.8) is 0 Å². The van der Waals surface area contributed by atoms with E-state index >= 15 is 0 Å². The van der Waals surface area contributed by atoms with Crippen molar-refractivity contribution < 1.29 is 18.0 Å². The summed E-state index contributed by atoms with van der Waals surface area (Å²) in [6, 6.07) is 5.37. The number of amides is 1. The molecule has 2 aromatic rings. The van der Waals surface area contributed by atoms with E-state index in [-0.39, 0.29) is 17.8 Å². The minimum atomic E-state index is -0.796. The molecule has 0 aliphatic carbocycles. The molecule has 0 saturated carbocycles. The quantitative estimate of drug-likeness (QED) is 0.885. The zero-order valence-electron chi connectivity index (χ0n) is 10.9. The molecular formula is C14H14F2N2O2. The van der Waals surface area contributed by atoms with Gasteiger partial charge in [0.25, 0.3) is 5.91 Å². The molecule has 4 nitrogen and oxygen atoms in total. The Morgan fingerprint density at radius 3 is 2.55 bits per heavy atom. The zero-order valence-corrected chi connectivity index (χ0v) is 10.9. The van der Waals surface area contributed by atoms with Crippen molar-refractivity contribution in [1.82, 2.24) is 5.32 Å². The molecule has 1 aromatic carbocycles. The molecule has 0 fully saturated rings. The van der Waals surface area contributed by atoms with Crippen LogP contribution < -0.4 is 10.6 Å². The normalized spacial score (nSPS) is 10.3. The molecule has 0 spiro atoms. The van der Waals surface area contributed by atoms with Gasteiger partial charge in [-0.1, -0.05) is 0 Å². The van der Waals surface area contributed by atoms with Crippen molar-refractivity contribution in [2.45, 2.75) is 13.5 Å². The van der Waals surface area contributed by atoms with Crippen LogP contribution >= 0.6 is 0 Å². The summed E-state index contributed by atoms with van der Waals surface area (Å²) in [6.07, 6.45) is 1.48. The van der Waals surface area contributed by atoms with Gasteiger partial charge in [-0.3, -0.25) is 4.79 Å². The number of nitrogens with one attached hydrogen (secondary N) is 2. The van der Waals surface area contributed by atoms with Crippen molar-refractivity contribution in [3.8, 4) is 0 Å². The molecule has 0 unspecified atom stereocenters. The third-order valence-corrected chi connectivity index (χ3v) is 2.66. The van der Waals surface area contributed by atoms with E-state index in [4.69, 9.17) is 4.42 Å². The molecule has 1 heterocycles. The molecule has 0 aliphatic rings. The second-order valence-corrected chi connectivity index (χ2v) is 4.11. The minimum absolute atomic E-state index is 0.0757. The SMILES string of the molecule is CCNc1c(F)cc(C(=O)NCc2ccco2)cc1F. The van der Waals surface area contributed by atoms with E-state index in [0.29, 0.717) is 12.3 Å². The predicted molar refractivity (Wildman–Crippen MR) is 70.4 cm³/mol. The van der Waals surface area contributed by atoms with Crippen LogP contribution in [0.25, 0.3) is 0 Å². The molecule has 0 atom stereocenters. The maximum atomic E-state index is 13.7. The van der Waals surface area contributed by atoms with E-state index in [1.165, 1.54) is 6.26 Å². The highest BCUT2D eigenvalue weighted by Crippen LogP contribution is 2.20. The Kier molecular flexibility index (Phi) is 4.34. The van der Waals surface area contributed by atoms with E-state index < -0.39 is 17.5 Å². The van der Waals surface area contributed by atoms with Crippen molar-refractivity contribution in [2.75, 3.05) is 11.9 Å². The summed E-state index contributed by atoms with van der Waals surface area (Å²) in [5.74, 6) is -1.60. The second kappa shape index (κ2) is 6.18. The molecule has 0 radical (unpaired) electrons. The van der Waals surface area contributed by atoms with Gasteiger partial charge in [0.15, 0.2) is 0 Å². The van der Waals surface area contributed by atoms with Crippen LogP contribution in [0, 0.1) is 11.6 Å². The fraction of sp³-hybridized carbons (Fsp3) is 0.214. The summed E-state index contributed by atoms with van der Waals surface area (Å²) in [5.41, 5.74) is -0.303. The van der Waals surface area contributed by atoms with E-state index in [0.717, 1.165) is 12.1 Å². The third-order valence-electron chi connectivity index (χ3n) is 2.66. The second-order valence-electron chi connectivity index (χ2n) is 4.11. The number of halogens is 2. The maximum absolute atomic E-state index is 13.7. The van der Waals surface area contributed by atoms with Crippen LogP contribution in [-0.4, -0.2) is 12.5 Å². The van der Waals surface area contributed by atoms with Crippen LogP contribution in [0.15, 0.2) is 34.9 Å². The Labute approximate surface area is 114 Å². The van der Waals surface area contributed by atoms with Crippen LogP contribution in [0.3, 0.4) is 0 Å². The molecule has 1 amide bonds. The highest BCUT2D eigenvalue weighted by molar-refractivity contribution is 5.94. The van der Waals surface area contributed by atoms with E-state index in [1.807, 2.05) is 0 Å². The van der Waals surface area contributed by atoms with Crippen LogP contribution in [-0.2, 0) is 6.54 Å². The van der Waals surface area contributed by atoms with Crippen molar-refractivity contribution in [2.24, 2.45) is 0 Å². The van der Waals surface area contributed by atoms with Gasteiger partial charge in [-0.25, -0.2) is 8.78 Å². The number of rotatable bonds is 5. The van der Waals surface area contributed by atoms with E-state index in [1.54, 1.807) is 19.1 Å². The Bertz CT molecular complexity index is 574. The van der Waals surface area contributed by atoms with Crippen LogP contribution in [0.4, 0.5) is 14.5 Å². The van der Waals surface area contributed by atoms with Gasteiger partial charge in [0, 0.05) is 12.1 Å². The van der Waals surface area contributed by atoms with Gasteiger partial charge in [0.1, 0.15) is 23.1 Å². The Morgan fingerprint density at radius 1 is 1.30 bits per heavy atom. The average Bonchev–Trinajstić information content (AvgIpc) is 2.93. The molecule has 106 valence electrons. The molecule has 0 bridgehead atoms. The third kappa shape index (κ3) is 3.14. The van der Waals surface area contributed by atoms with Crippen molar-refractivity contribution in [3.05, 3.63) is 53.5 Å². The lowest BCUT2D eigenvalue weighted by Crippen LogP contribution is -2.23. The Hall–Kier alpha value is -2.37. The Balaban J connectivity index is 2.10. The number of hydrogen-bond donors (Lipinski definition) is 2. The van der Waals surface area contributed by atoms with Gasteiger partial charge in [0.2, 0.25) is 0 Å². The lowest BCUT2D eigenvalue weighted by molar-refractivity contribution is 0.0947. The number of anilines is 1. The summed E-state index contributed by atoms with van der Waals surface area (Å²) in [6.45, 7) is 2.27. The first-order valence-corrected chi connectivity index (χ1v) is 6.15. The summed E-state index contributed by atoms with van der Waals surface area (Å²) in [4.78, 5) is 11.8. The first-order chi connectivity index (χ1) is 9.61. The number of carbonyl (C=O) groups is 1. The van der Waals surface area contributed by atoms with Crippen LogP contribution in [0.5, 0.6) is 0 Å². The van der Waals surface area contributed by atoms with Gasteiger partial charge in [-0.15, -0.1) is 0 Å². The molecule has 6 heteroatoms. The molecule has 2 rings (SSSR count). The van der Waals surface area contributed by atoms with Gasteiger partial charge in [-0.05, 0) is 31.2 Å². The van der Waals surface area contributed by atoms with Gasteiger partial charge in [-0.2, -0.15) is 0 Å². The number of hydrogen-bond acceptors (Lipinski definition) is 3. The monoisotopic (exact) mass is 280 g/mol. The topological polar surface area (TPSA) is 54.3 Å². The molecule has 0 aliphatic heterocycles. The van der Waals surface area contributed by atoms with Crippen molar-refractivity contribution in [1.29, 1.82) is 0 Å². The number of benzene rings is 1. The minimum Gasteiger partial charge on any atom is -0.467 e. The summed E-state index contributed by atoms with van der Waals surface area (Å²) < 4.78 is 32.4. The van der Waals surface area contributed by atoms with E-state index in [9.17, 15) is 13.6 Å². The van der Waals surface area contributed by atoms with Gasteiger partial charge >= 0.3 is 0 Å². The molecular weight excluding hydrogens is 266 g/mol. The van der Waals surface area contributed by atoms with Gasteiger partial charge < -0.3 is 15.1 Å². The zero-order chi connectivity index (χ0) is 14.5. The van der Waals surface area contributed by atoms with Gasteiger partial charge in [0.05, 0.1) is 12.8 Å². The average molecular weight is 280 g/mol. The number of carbonyl (C=O) groups excluding carboxylic acids is 1. The highest BCUT2D eigenvalue weighted by Gasteiger charge is 2.14. The van der Waals surface area contributed by atoms with Crippen LogP contribution in [0.1, 0.15) is 23.0 Å². The fourth-order valence-electron chi connectivity index (χ4n) is 1.73. The maximum Gasteiger partial charge on any atom is 0.251 e. The lowest BCUT2D eigenvalue weighted by atomic mass is 10.1. The summed E-state index contributed by atoms with van der Waals surface area (Å²) in [7, 11) is 0. The van der Waals surface area contributed by atoms with E-state index in [2.05, 4.69) is 10.6 Å². The lowest BCUT2D eigenvalue weighted by Gasteiger charge is -2.09. The molecule has 1 aromatic heterocycles. The Morgan fingerprint density at radius 2 is 2.00 bits per heavy atom. The summed E-state index contributed by atoms with van der Waals surface area (Å²) >= 11 is 0. The highest BCUT2D eigenvalue weighted by atomic mass is 19.1. The number of furan rings is 1. The molecule has 20 heavy (non-hydrogen) atoms. The standard InChI is InChI=1S/C14H14F2N2O2/c1-2-17-13-11(15)6-9(7-12(13)16)14(19)18-8-10-4-3-5-20-10/h3-7,17H,2,8H2,1H3,(H,18,19).